The van der Waals surface area contributed by atoms with Crippen LogP contribution in [-0.4, -0.2) is 49.2 Å². The third-order valence-corrected chi connectivity index (χ3v) is 7.69. The Labute approximate surface area is 194 Å². The first kappa shape index (κ1) is 21.9. The van der Waals surface area contributed by atoms with Gasteiger partial charge in [-0.2, -0.15) is 5.10 Å². The number of fused-ring (bicyclic) bond motifs is 2. The van der Waals surface area contributed by atoms with Crippen LogP contribution >= 0.6 is 0 Å². The molecule has 1 aliphatic carbocycles. The molecule has 0 bridgehead atoms. The highest BCUT2D eigenvalue weighted by Gasteiger charge is 2.27. The first-order valence-corrected chi connectivity index (χ1v) is 12.0. The lowest BCUT2D eigenvalue weighted by Gasteiger charge is -2.33. The number of nitrogens with one attached hydrogen (secondary N) is 1. The molecule has 1 saturated carbocycles. The minimum atomic E-state index is 0.00444. The molecule has 7 nitrogen and oxygen atoms in total. The Hall–Kier alpha value is -2.93. The molecule has 4 aromatic rings. The molecular formula is C26H34N6O. The zero-order valence-corrected chi connectivity index (χ0v) is 20.5. The van der Waals surface area contributed by atoms with Gasteiger partial charge in [-0.15, -0.1) is 0 Å². The summed E-state index contributed by atoms with van der Waals surface area (Å²) in [5.74, 6) is 0.318. The van der Waals surface area contributed by atoms with Crippen molar-refractivity contribution in [2.24, 2.45) is 0 Å². The summed E-state index contributed by atoms with van der Waals surface area (Å²) in [4.78, 5) is 23.0. The van der Waals surface area contributed by atoms with Gasteiger partial charge < -0.3 is 9.88 Å². The summed E-state index contributed by atoms with van der Waals surface area (Å²) in [5.41, 5.74) is 8.68. The highest BCUT2D eigenvalue weighted by atomic mass is 16.1. The third-order valence-electron chi connectivity index (χ3n) is 7.69. The summed E-state index contributed by atoms with van der Waals surface area (Å²) in [5, 5.41) is 4.38. The van der Waals surface area contributed by atoms with Gasteiger partial charge in [0.1, 0.15) is 6.33 Å². The quantitative estimate of drug-likeness (QED) is 0.488. The van der Waals surface area contributed by atoms with Crippen molar-refractivity contribution in [2.75, 3.05) is 14.1 Å². The standard InChI is InChI=1S/C26H34N6O/c1-15(2)20-12-24-23(29-26(33)32(24)19-9-7-18(8-10-19)30(5)6)11-21(20)22-13-31-25(27-14-28-31)17(4)16(22)3/h11-15,18-19H,7-10H2,1-6H3,(H,29,33). The zero-order valence-electron chi connectivity index (χ0n) is 20.5. The molecule has 33 heavy (non-hydrogen) atoms. The van der Waals surface area contributed by atoms with Crippen molar-refractivity contribution >= 4 is 16.7 Å². The van der Waals surface area contributed by atoms with Gasteiger partial charge in [-0.05, 0) is 93.9 Å². The van der Waals surface area contributed by atoms with E-state index in [1.165, 1.54) is 11.1 Å². The first-order chi connectivity index (χ1) is 15.8. The number of aromatic amines is 1. The van der Waals surface area contributed by atoms with Crippen molar-refractivity contribution in [2.45, 2.75) is 71.4 Å². The second-order valence-electron chi connectivity index (χ2n) is 10.2. The SMILES string of the molecule is Cc1c(-c2cc3[nH]c(=O)n(C4CCC(N(C)C)CC4)c3cc2C(C)C)cn2ncnc2c1C. The molecule has 3 heterocycles. The molecule has 7 heteroatoms. The maximum absolute atomic E-state index is 13.1. The normalized spacial score (nSPS) is 19.4. The molecule has 0 spiro atoms. The Balaban J connectivity index is 1.65. The zero-order chi connectivity index (χ0) is 23.4. The number of rotatable bonds is 4. The number of benzene rings is 1. The summed E-state index contributed by atoms with van der Waals surface area (Å²) >= 11 is 0. The van der Waals surface area contributed by atoms with E-state index >= 15 is 0 Å². The Morgan fingerprint density at radius 3 is 2.45 bits per heavy atom. The fraction of sp³-hybridized carbons (Fsp3) is 0.500. The van der Waals surface area contributed by atoms with Gasteiger partial charge in [0.2, 0.25) is 0 Å². The fourth-order valence-corrected chi connectivity index (χ4v) is 5.57. The van der Waals surface area contributed by atoms with Crippen LogP contribution in [0.2, 0.25) is 0 Å². The second-order valence-corrected chi connectivity index (χ2v) is 10.2. The number of imidazole rings is 1. The number of H-pyrrole nitrogens is 1. The lowest BCUT2D eigenvalue weighted by molar-refractivity contribution is 0.195. The molecule has 1 N–H and O–H groups in total. The minimum Gasteiger partial charge on any atom is -0.306 e. The van der Waals surface area contributed by atoms with Crippen molar-refractivity contribution in [1.29, 1.82) is 0 Å². The number of hydrogen-bond acceptors (Lipinski definition) is 4. The van der Waals surface area contributed by atoms with Crippen molar-refractivity contribution in [3.05, 3.63) is 51.8 Å². The van der Waals surface area contributed by atoms with Gasteiger partial charge in [0, 0.05) is 23.8 Å². The number of nitrogens with zero attached hydrogens (tertiary/aromatic N) is 5. The topological polar surface area (TPSA) is 71.2 Å². The van der Waals surface area contributed by atoms with Crippen LogP contribution in [0.5, 0.6) is 0 Å². The van der Waals surface area contributed by atoms with E-state index in [0.717, 1.165) is 59.1 Å². The molecule has 0 unspecified atom stereocenters. The molecule has 1 fully saturated rings. The molecule has 0 aliphatic heterocycles. The average Bonchev–Trinajstić information content (AvgIpc) is 3.38. The molecular weight excluding hydrogens is 412 g/mol. The molecule has 5 rings (SSSR count). The van der Waals surface area contributed by atoms with Crippen molar-refractivity contribution in [3.8, 4) is 11.1 Å². The minimum absolute atomic E-state index is 0.00444. The molecule has 174 valence electrons. The van der Waals surface area contributed by atoms with E-state index in [9.17, 15) is 4.79 Å². The van der Waals surface area contributed by atoms with E-state index in [1.54, 1.807) is 6.33 Å². The summed E-state index contributed by atoms with van der Waals surface area (Å²) in [6.45, 7) is 8.68. The average molecular weight is 447 g/mol. The van der Waals surface area contributed by atoms with Crippen LogP contribution in [0.15, 0.2) is 29.5 Å². The fourth-order valence-electron chi connectivity index (χ4n) is 5.57. The highest BCUT2D eigenvalue weighted by molar-refractivity contribution is 5.86. The van der Waals surface area contributed by atoms with Gasteiger partial charge in [-0.25, -0.2) is 14.3 Å². The Kier molecular flexibility index (Phi) is 5.40. The van der Waals surface area contributed by atoms with Crippen LogP contribution in [0.25, 0.3) is 27.8 Å². The van der Waals surface area contributed by atoms with Crippen molar-refractivity contribution in [3.63, 3.8) is 0 Å². The van der Waals surface area contributed by atoms with Crippen LogP contribution < -0.4 is 5.69 Å². The van der Waals surface area contributed by atoms with Crippen molar-refractivity contribution < 1.29 is 0 Å². The van der Waals surface area contributed by atoms with Gasteiger partial charge in [0.25, 0.3) is 0 Å². The number of hydrogen-bond donors (Lipinski definition) is 1. The molecule has 0 radical (unpaired) electrons. The molecule has 3 aromatic heterocycles. The molecule has 0 saturated heterocycles. The summed E-state index contributed by atoms with van der Waals surface area (Å²) in [7, 11) is 4.30. The molecule has 0 atom stereocenters. The molecule has 1 aromatic carbocycles. The largest absolute Gasteiger partial charge is 0.326 e. The maximum Gasteiger partial charge on any atom is 0.326 e. The lowest BCUT2D eigenvalue weighted by atomic mass is 9.88. The predicted molar refractivity (Wildman–Crippen MR) is 133 cm³/mol. The number of aryl methyl sites for hydroxylation is 1. The predicted octanol–water partition coefficient (Wildman–Crippen LogP) is 4.82. The summed E-state index contributed by atoms with van der Waals surface area (Å²) < 4.78 is 3.87. The lowest BCUT2D eigenvalue weighted by Crippen LogP contribution is -2.34. The van der Waals surface area contributed by atoms with Gasteiger partial charge in [0.05, 0.1) is 11.0 Å². The second kappa shape index (κ2) is 8.13. The number of aromatic nitrogens is 5. The highest BCUT2D eigenvalue weighted by Crippen LogP contribution is 2.37. The Morgan fingerprint density at radius 2 is 1.79 bits per heavy atom. The van der Waals surface area contributed by atoms with E-state index in [0.29, 0.717) is 12.0 Å². The van der Waals surface area contributed by atoms with E-state index in [2.05, 4.69) is 80.1 Å². The first-order valence-electron chi connectivity index (χ1n) is 12.0. The Morgan fingerprint density at radius 1 is 1.06 bits per heavy atom. The Bertz CT molecular complexity index is 1380. The maximum atomic E-state index is 13.1. The van der Waals surface area contributed by atoms with E-state index < -0.39 is 0 Å². The van der Waals surface area contributed by atoms with Crippen LogP contribution in [0.1, 0.15) is 68.2 Å². The van der Waals surface area contributed by atoms with Crippen LogP contribution in [0.4, 0.5) is 0 Å². The van der Waals surface area contributed by atoms with Gasteiger partial charge in [0.15, 0.2) is 5.65 Å². The summed E-state index contributed by atoms with van der Waals surface area (Å²) in [6, 6.07) is 5.27. The van der Waals surface area contributed by atoms with Gasteiger partial charge >= 0.3 is 5.69 Å². The van der Waals surface area contributed by atoms with E-state index in [4.69, 9.17) is 0 Å². The van der Waals surface area contributed by atoms with Gasteiger partial charge in [-0.3, -0.25) is 4.57 Å². The number of pyridine rings is 1. The van der Waals surface area contributed by atoms with Crippen molar-refractivity contribution in [1.82, 2.24) is 29.0 Å². The van der Waals surface area contributed by atoms with E-state index in [-0.39, 0.29) is 11.7 Å². The molecule has 0 amide bonds. The van der Waals surface area contributed by atoms with E-state index in [1.807, 2.05) is 9.08 Å². The third kappa shape index (κ3) is 3.59. The van der Waals surface area contributed by atoms with Crippen LogP contribution in [0, 0.1) is 13.8 Å². The van der Waals surface area contributed by atoms with Crippen LogP contribution in [0.3, 0.4) is 0 Å². The van der Waals surface area contributed by atoms with Crippen LogP contribution in [-0.2, 0) is 0 Å². The smallest absolute Gasteiger partial charge is 0.306 e. The summed E-state index contributed by atoms with van der Waals surface area (Å²) in [6.07, 6.45) is 7.99. The van der Waals surface area contributed by atoms with Gasteiger partial charge in [-0.1, -0.05) is 13.8 Å². The monoisotopic (exact) mass is 446 g/mol. The molecule has 1 aliphatic rings.